The van der Waals surface area contributed by atoms with E-state index in [-0.39, 0.29) is 0 Å². The third kappa shape index (κ3) is 2.05. The van der Waals surface area contributed by atoms with Gasteiger partial charge in [-0.3, -0.25) is 4.79 Å². The lowest BCUT2D eigenvalue weighted by Crippen LogP contribution is -2.25. The summed E-state index contributed by atoms with van der Waals surface area (Å²) in [7, 11) is 0. The van der Waals surface area contributed by atoms with Crippen LogP contribution >= 0.6 is 0 Å². The Labute approximate surface area is 111 Å². The minimum atomic E-state index is -0.440. The summed E-state index contributed by atoms with van der Waals surface area (Å²) >= 11 is 0. The summed E-state index contributed by atoms with van der Waals surface area (Å²) in [4.78, 5) is 11.6. The largest absolute Gasteiger partial charge is 0.380 e. The molecule has 1 amide bonds. The molecule has 3 N–H and O–H groups in total. The standard InChI is InChI=1S/C14H18N4O/c1-9-4-2-5-11(9)17-13-10(14(15)19)8-16-18-7-3-6-12(13)18/h3,6-9,11,17H,2,4-5H2,1H3,(H2,15,19). The molecule has 19 heavy (non-hydrogen) atoms. The fourth-order valence-corrected chi connectivity index (χ4v) is 2.88. The summed E-state index contributed by atoms with van der Waals surface area (Å²) in [5, 5.41) is 7.70. The van der Waals surface area contributed by atoms with Gasteiger partial charge in [-0.25, -0.2) is 4.52 Å². The first-order chi connectivity index (χ1) is 9.16. The lowest BCUT2D eigenvalue weighted by molar-refractivity contribution is 0.100. The van der Waals surface area contributed by atoms with Crippen LogP contribution in [0.2, 0.25) is 0 Å². The lowest BCUT2D eigenvalue weighted by atomic mass is 10.1. The van der Waals surface area contributed by atoms with Gasteiger partial charge in [-0.1, -0.05) is 13.3 Å². The van der Waals surface area contributed by atoms with Crippen LogP contribution in [0.4, 0.5) is 5.69 Å². The Morgan fingerprint density at radius 3 is 3.05 bits per heavy atom. The molecule has 1 fully saturated rings. The third-order valence-corrected chi connectivity index (χ3v) is 4.02. The zero-order chi connectivity index (χ0) is 13.4. The molecule has 2 unspecified atom stereocenters. The molecule has 2 aromatic rings. The van der Waals surface area contributed by atoms with Crippen molar-refractivity contribution in [3.05, 3.63) is 30.1 Å². The number of carbonyl (C=O) groups is 1. The Bertz CT molecular complexity index is 619. The second-order valence-electron chi connectivity index (χ2n) is 5.29. The van der Waals surface area contributed by atoms with E-state index >= 15 is 0 Å². The number of amides is 1. The number of carbonyl (C=O) groups excluding carboxylic acids is 1. The number of rotatable bonds is 3. The van der Waals surface area contributed by atoms with Crippen molar-refractivity contribution in [3.8, 4) is 0 Å². The van der Waals surface area contributed by atoms with Crippen LogP contribution in [0.1, 0.15) is 36.5 Å². The van der Waals surface area contributed by atoms with E-state index in [0.717, 1.165) is 17.6 Å². The van der Waals surface area contributed by atoms with Gasteiger partial charge in [0, 0.05) is 12.2 Å². The van der Waals surface area contributed by atoms with Crippen LogP contribution < -0.4 is 11.1 Å². The molecule has 0 aromatic carbocycles. The van der Waals surface area contributed by atoms with E-state index in [1.807, 2.05) is 18.3 Å². The average molecular weight is 258 g/mol. The van der Waals surface area contributed by atoms with Crippen LogP contribution in [-0.4, -0.2) is 21.6 Å². The molecule has 0 spiro atoms. The Morgan fingerprint density at radius 1 is 1.53 bits per heavy atom. The molecular formula is C14H18N4O. The van der Waals surface area contributed by atoms with Gasteiger partial charge in [0.15, 0.2) is 0 Å². The van der Waals surface area contributed by atoms with Gasteiger partial charge in [0.25, 0.3) is 5.91 Å². The quantitative estimate of drug-likeness (QED) is 0.884. The van der Waals surface area contributed by atoms with Gasteiger partial charge in [-0.05, 0) is 30.9 Å². The van der Waals surface area contributed by atoms with Gasteiger partial charge >= 0.3 is 0 Å². The van der Waals surface area contributed by atoms with Crippen LogP contribution in [0.15, 0.2) is 24.5 Å². The van der Waals surface area contributed by atoms with E-state index in [2.05, 4.69) is 17.3 Å². The molecule has 1 aliphatic rings. The Kier molecular flexibility index (Phi) is 2.89. The van der Waals surface area contributed by atoms with E-state index < -0.39 is 5.91 Å². The molecule has 3 rings (SSSR count). The fourth-order valence-electron chi connectivity index (χ4n) is 2.88. The predicted molar refractivity (Wildman–Crippen MR) is 74.1 cm³/mol. The molecular weight excluding hydrogens is 240 g/mol. The highest BCUT2D eigenvalue weighted by atomic mass is 16.1. The van der Waals surface area contributed by atoms with E-state index in [1.165, 1.54) is 19.0 Å². The molecule has 1 saturated carbocycles. The van der Waals surface area contributed by atoms with Crippen molar-refractivity contribution in [3.63, 3.8) is 0 Å². The number of nitrogens with zero attached hydrogens (tertiary/aromatic N) is 2. The summed E-state index contributed by atoms with van der Waals surface area (Å²) in [5.74, 6) is 0.174. The van der Waals surface area contributed by atoms with Crippen molar-refractivity contribution >= 4 is 17.1 Å². The SMILES string of the molecule is CC1CCCC1Nc1c(C(N)=O)cnn2cccc12. The predicted octanol–water partition coefficient (Wildman–Crippen LogP) is 2.03. The maximum Gasteiger partial charge on any atom is 0.252 e. The summed E-state index contributed by atoms with van der Waals surface area (Å²) in [6, 6.07) is 4.26. The van der Waals surface area contributed by atoms with Crippen molar-refractivity contribution in [2.24, 2.45) is 11.7 Å². The topological polar surface area (TPSA) is 72.4 Å². The fraction of sp³-hybridized carbons (Fsp3) is 0.429. The summed E-state index contributed by atoms with van der Waals surface area (Å²) in [5.41, 5.74) is 7.63. The maximum atomic E-state index is 11.6. The number of aromatic nitrogens is 2. The van der Waals surface area contributed by atoms with Crippen molar-refractivity contribution in [2.45, 2.75) is 32.2 Å². The van der Waals surface area contributed by atoms with Gasteiger partial charge in [-0.2, -0.15) is 5.10 Å². The lowest BCUT2D eigenvalue weighted by Gasteiger charge is -2.20. The molecule has 100 valence electrons. The number of nitrogens with two attached hydrogens (primary N) is 1. The van der Waals surface area contributed by atoms with E-state index in [4.69, 9.17) is 5.73 Å². The number of anilines is 1. The normalized spacial score (nSPS) is 22.8. The van der Waals surface area contributed by atoms with E-state index in [0.29, 0.717) is 17.5 Å². The first-order valence-electron chi connectivity index (χ1n) is 6.69. The van der Waals surface area contributed by atoms with Crippen molar-refractivity contribution in [1.82, 2.24) is 9.61 Å². The van der Waals surface area contributed by atoms with Gasteiger partial charge in [0.2, 0.25) is 0 Å². The number of primary amides is 1. The second-order valence-corrected chi connectivity index (χ2v) is 5.29. The van der Waals surface area contributed by atoms with Crippen molar-refractivity contribution in [1.29, 1.82) is 0 Å². The van der Waals surface area contributed by atoms with Gasteiger partial charge in [0.1, 0.15) is 0 Å². The minimum absolute atomic E-state index is 0.402. The third-order valence-electron chi connectivity index (χ3n) is 4.02. The Balaban J connectivity index is 2.05. The zero-order valence-electron chi connectivity index (χ0n) is 11.0. The molecule has 0 saturated heterocycles. The van der Waals surface area contributed by atoms with Gasteiger partial charge in [-0.15, -0.1) is 0 Å². The van der Waals surface area contributed by atoms with Crippen LogP contribution in [0.3, 0.4) is 0 Å². The molecule has 0 radical (unpaired) electrons. The highest BCUT2D eigenvalue weighted by molar-refractivity contribution is 6.01. The van der Waals surface area contributed by atoms with Crippen LogP contribution in [-0.2, 0) is 0 Å². The number of nitrogens with one attached hydrogen (secondary N) is 1. The van der Waals surface area contributed by atoms with Crippen LogP contribution in [0.25, 0.3) is 5.52 Å². The van der Waals surface area contributed by atoms with Crippen molar-refractivity contribution < 1.29 is 4.79 Å². The van der Waals surface area contributed by atoms with Crippen molar-refractivity contribution in [2.75, 3.05) is 5.32 Å². The molecule has 2 heterocycles. The van der Waals surface area contributed by atoms with E-state index in [9.17, 15) is 4.79 Å². The average Bonchev–Trinajstić information content (AvgIpc) is 2.99. The summed E-state index contributed by atoms with van der Waals surface area (Å²) < 4.78 is 1.76. The molecule has 1 aliphatic carbocycles. The monoisotopic (exact) mass is 258 g/mol. The Hall–Kier alpha value is -2.04. The first-order valence-corrected chi connectivity index (χ1v) is 6.69. The molecule has 0 bridgehead atoms. The van der Waals surface area contributed by atoms with E-state index in [1.54, 1.807) is 4.52 Å². The number of fused-ring (bicyclic) bond motifs is 1. The van der Waals surface area contributed by atoms with Gasteiger partial charge < -0.3 is 11.1 Å². The molecule has 2 aromatic heterocycles. The zero-order valence-corrected chi connectivity index (χ0v) is 11.0. The minimum Gasteiger partial charge on any atom is -0.380 e. The highest BCUT2D eigenvalue weighted by Crippen LogP contribution is 2.31. The molecule has 2 atom stereocenters. The highest BCUT2D eigenvalue weighted by Gasteiger charge is 2.25. The summed E-state index contributed by atoms with van der Waals surface area (Å²) in [6.07, 6.45) is 6.99. The van der Waals surface area contributed by atoms with Crippen LogP contribution in [0.5, 0.6) is 0 Å². The second kappa shape index (κ2) is 4.57. The molecule has 5 nitrogen and oxygen atoms in total. The first kappa shape index (κ1) is 12.0. The number of hydrogen-bond acceptors (Lipinski definition) is 3. The maximum absolute atomic E-state index is 11.6. The Morgan fingerprint density at radius 2 is 2.37 bits per heavy atom. The van der Waals surface area contributed by atoms with Gasteiger partial charge in [0.05, 0.1) is 23.0 Å². The summed E-state index contributed by atoms with van der Waals surface area (Å²) in [6.45, 7) is 2.24. The van der Waals surface area contributed by atoms with Crippen LogP contribution in [0, 0.1) is 5.92 Å². The molecule has 5 heteroatoms. The smallest absolute Gasteiger partial charge is 0.252 e. The number of hydrogen-bond donors (Lipinski definition) is 2. The molecule has 0 aliphatic heterocycles.